The zero-order chi connectivity index (χ0) is 32.1. The second kappa shape index (κ2) is 13.9. The summed E-state index contributed by atoms with van der Waals surface area (Å²) in [6, 6.07) is 21.5. The van der Waals surface area contributed by atoms with Crippen LogP contribution in [-0.4, -0.2) is 49.8 Å². The Kier molecular flexibility index (Phi) is 10.0. The van der Waals surface area contributed by atoms with E-state index in [2.05, 4.69) is 10.6 Å². The van der Waals surface area contributed by atoms with E-state index in [1.54, 1.807) is 48.5 Å². The third kappa shape index (κ3) is 7.28. The summed E-state index contributed by atoms with van der Waals surface area (Å²) in [5.41, 5.74) is 7.59. The van der Waals surface area contributed by atoms with Crippen molar-refractivity contribution in [1.82, 2.24) is 9.62 Å². The van der Waals surface area contributed by atoms with Gasteiger partial charge in [-0.05, 0) is 79.4 Å². The highest BCUT2D eigenvalue weighted by Crippen LogP contribution is 2.31. The molecule has 0 bridgehead atoms. The number of hydrogen-bond donors (Lipinski definition) is 3. The van der Waals surface area contributed by atoms with Crippen molar-refractivity contribution in [3.05, 3.63) is 131 Å². The Morgan fingerprint density at radius 2 is 1.53 bits per heavy atom. The Morgan fingerprint density at radius 1 is 0.911 bits per heavy atom. The lowest BCUT2D eigenvalue weighted by molar-refractivity contribution is -0.117. The molecule has 1 aliphatic heterocycles. The van der Waals surface area contributed by atoms with Gasteiger partial charge in [0.25, 0.3) is 0 Å². The van der Waals surface area contributed by atoms with Crippen LogP contribution in [0.5, 0.6) is 0 Å². The number of rotatable bonds is 10. The number of nitrogens with one attached hydrogen (secondary N) is 2. The number of hydrogen-bond acceptors (Lipinski definition) is 5. The molecule has 4 aromatic rings. The van der Waals surface area contributed by atoms with Crippen LogP contribution in [0.1, 0.15) is 36.0 Å². The molecule has 1 unspecified atom stereocenters. The van der Waals surface area contributed by atoms with Crippen LogP contribution in [0, 0.1) is 17.5 Å². The van der Waals surface area contributed by atoms with E-state index in [1.165, 1.54) is 52.8 Å². The van der Waals surface area contributed by atoms with Gasteiger partial charge in [-0.15, -0.1) is 0 Å². The summed E-state index contributed by atoms with van der Waals surface area (Å²) in [4.78, 5) is 13.8. The summed E-state index contributed by atoms with van der Waals surface area (Å²) < 4.78 is 72.4. The molecule has 4 N–H and O–H groups in total. The summed E-state index contributed by atoms with van der Waals surface area (Å²) >= 11 is 0. The lowest BCUT2D eigenvalue weighted by Crippen LogP contribution is -2.58. The minimum atomic E-state index is -3.82. The van der Waals surface area contributed by atoms with E-state index in [0.717, 1.165) is 0 Å². The average Bonchev–Trinajstić information content (AvgIpc) is 3.01. The van der Waals surface area contributed by atoms with Gasteiger partial charge in [-0.2, -0.15) is 4.31 Å². The molecule has 1 amide bonds. The molecule has 11 heteroatoms. The zero-order valence-electron chi connectivity index (χ0n) is 24.7. The Bertz CT molecular complexity index is 1710. The number of carbonyl (C=O) groups is 1. The molecule has 0 radical (unpaired) electrons. The van der Waals surface area contributed by atoms with Gasteiger partial charge in [-0.3, -0.25) is 4.79 Å². The molecule has 45 heavy (non-hydrogen) atoms. The number of sulfonamides is 1. The summed E-state index contributed by atoms with van der Waals surface area (Å²) in [6.45, 7) is 2.67. The molecule has 1 heterocycles. The van der Waals surface area contributed by atoms with Crippen molar-refractivity contribution in [3.63, 3.8) is 0 Å². The molecule has 1 aliphatic rings. The highest BCUT2D eigenvalue weighted by molar-refractivity contribution is 7.89. The van der Waals surface area contributed by atoms with Crippen LogP contribution >= 0.6 is 0 Å². The van der Waals surface area contributed by atoms with Crippen LogP contribution in [0.15, 0.2) is 102 Å². The van der Waals surface area contributed by atoms with Crippen molar-refractivity contribution in [2.24, 2.45) is 5.73 Å². The molecule has 3 atom stereocenters. The molecule has 7 nitrogen and oxygen atoms in total. The quantitative estimate of drug-likeness (QED) is 0.223. The number of nitrogens with two attached hydrogens (primary N) is 1. The third-order valence-electron chi connectivity index (χ3n) is 8.11. The van der Waals surface area contributed by atoms with Gasteiger partial charge in [0.15, 0.2) is 0 Å². The van der Waals surface area contributed by atoms with Gasteiger partial charge in [0.1, 0.15) is 17.5 Å². The number of carbonyl (C=O) groups excluding carboxylic acids is 1. The van der Waals surface area contributed by atoms with Crippen LogP contribution in [0.2, 0.25) is 0 Å². The minimum absolute atomic E-state index is 0.120. The first kappa shape index (κ1) is 32.4. The van der Waals surface area contributed by atoms with Crippen LogP contribution in [0.4, 0.5) is 18.9 Å². The predicted molar refractivity (Wildman–Crippen MR) is 168 cm³/mol. The normalized spacial score (nSPS) is 18.1. The van der Waals surface area contributed by atoms with E-state index >= 15 is 4.39 Å². The number of benzene rings is 4. The average molecular weight is 637 g/mol. The van der Waals surface area contributed by atoms with E-state index in [0.29, 0.717) is 24.2 Å². The van der Waals surface area contributed by atoms with Crippen LogP contribution < -0.4 is 16.4 Å². The standard InChI is InChI=1S/C34H35F3N4O3S/c1-22-20-39-21-27(41(22)45(43,44)28-12-3-2-4-13-28)16-17-29-30(37)14-7-15-31(29)40-34(42)33(38)32(23-8-5-10-25(35)18-23)24-9-6-11-26(36)19-24/h2-15,18-19,22,27,32-33,39H,16-17,20-21,38H2,1H3,(H,40,42)/t22?,27-,33-/m0/s1. The lowest BCUT2D eigenvalue weighted by atomic mass is 9.84. The van der Waals surface area contributed by atoms with Gasteiger partial charge in [-0.1, -0.05) is 48.5 Å². The smallest absolute Gasteiger partial charge is 0.243 e. The second-order valence-corrected chi connectivity index (χ2v) is 13.1. The summed E-state index contributed by atoms with van der Waals surface area (Å²) in [5, 5.41) is 5.99. The molecule has 4 aromatic carbocycles. The predicted octanol–water partition coefficient (Wildman–Crippen LogP) is 5.19. The Labute approximate surface area is 261 Å². The molecule has 0 saturated carbocycles. The summed E-state index contributed by atoms with van der Waals surface area (Å²) in [6.07, 6.45) is 0.392. The van der Waals surface area contributed by atoms with Crippen molar-refractivity contribution in [2.45, 2.75) is 48.7 Å². The van der Waals surface area contributed by atoms with Gasteiger partial charge in [0.2, 0.25) is 15.9 Å². The Morgan fingerprint density at radius 3 is 2.16 bits per heavy atom. The highest BCUT2D eigenvalue weighted by Gasteiger charge is 2.38. The van der Waals surface area contributed by atoms with Gasteiger partial charge in [-0.25, -0.2) is 21.6 Å². The summed E-state index contributed by atoms with van der Waals surface area (Å²) in [7, 11) is -3.82. The zero-order valence-corrected chi connectivity index (χ0v) is 25.5. The van der Waals surface area contributed by atoms with Crippen molar-refractivity contribution in [1.29, 1.82) is 0 Å². The minimum Gasteiger partial charge on any atom is -0.324 e. The first-order valence-electron chi connectivity index (χ1n) is 14.7. The summed E-state index contributed by atoms with van der Waals surface area (Å²) in [5.74, 6) is -3.23. The van der Waals surface area contributed by atoms with Crippen LogP contribution in [-0.2, 0) is 21.2 Å². The van der Waals surface area contributed by atoms with E-state index in [9.17, 15) is 22.0 Å². The molecule has 0 aliphatic carbocycles. The van der Waals surface area contributed by atoms with Crippen molar-refractivity contribution in [2.75, 3.05) is 18.4 Å². The van der Waals surface area contributed by atoms with Crippen LogP contribution in [0.25, 0.3) is 0 Å². The van der Waals surface area contributed by atoms with Crippen LogP contribution in [0.3, 0.4) is 0 Å². The number of halogens is 3. The van der Waals surface area contributed by atoms with E-state index in [1.807, 2.05) is 6.92 Å². The second-order valence-electron chi connectivity index (χ2n) is 11.2. The number of piperazine rings is 1. The van der Waals surface area contributed by atoms with Gasteiger partial charge >= 0.3 is 0 Å². The van der Waals surface area contributed by atoms with E-state index in [4.69, 9.17) is 5.73 Å². The first-order chi connectivity index (χ1) is 21.6. The fourth-order valence-electron chi connectivity index (χ4n) is 5.99. The number of nitrogens with zero attached hydrogens (tertiary/aromatic N) is 1. The SMILES string of the molecule is CC1CNC[C@H](CCc2c(F)cccc2NC(=O)[C@@H](N)C(c2cccc(F)c2)c2cccc(F)c2)N1S(=O)(=O)c1ccccc1. The van der Waals surface area contributed by atoms with Gasteiger partial charge in [0.05, 0.1) is 10.9 Å². The van der Waals surface area contributed by atoms with E-state index < -0.39 is 51.4 Å². The monoisotopic (exact) mass is 636 g/mol. The lowest BCUT2D eigenvalue weighted by Gasteiger charge is -2.40. The van der Waals surface area contributed by atoms with Gasteiger partial charge in [0, 0.05) is 42.3 Å². The topological polar surface area (TPSA) is 105 Å². The van der Waals surface area contributed by atoms with Crippen molar-refractivity contribution < 1.29 is 26.4 Å². The molecule has 5 rings (SSSR count). The molecule has 1 saturated heterocycles. The van der Waals surface area contributed by atoms with Gasteiger partial charge < -0.3 is 16.4 Å². The molecule has 0 spiro atoms. The van der Waals surface area contributed by atoms with E-state index in [-0.39, 0.29) is 35.0 Å². The van der Waals surface area contributed by atoms with Crippen molar-refractivity contribution in [3.8, 4) is 0 Å². The highest BCUT2D eigenvalue weighted by atomic mass is 32.2. The van der Waals surface area contributed by atoms with Crippen molar-refractivity contribution >= 4 is 21.6 Å². The number of anilines is 1. The fraction of sp³-hybridized carbons (Fsp3) is 0.265. The number of amides is 1. The Balaban J connectivity index is 1.39. The maximum atomic E-state index is 15.3. The molecule has 1 fully saturated rings. The molecular formula is C34H35F3N4O3S. The largest absolute Gasteiger partial charge is 0.324 e. The maximum Gasteiger partial charge on any atom is 0.243 e. The fourth-order valence-corrected chi connectivity index (χ4v) is 7.86. The Hall–Kier alpha value is -4.03. The maximum absolute atomic E-state index is 15.3. The first-order valence-corrected chi connectivity index (χ1v) is 16.1. The molecule has 236 valence electrons. The molecular weight excluding hydrogens is 601 g/mol. The third-order valence-corrected chi connectivity index (χ3v) is 10.2. The molecule has 0 aromatic heterocycles.